The van der Waals surface area contributed by atoms with E-state index >= 15 is 0 Å². The molecule has 3 heteroatoms. The van der Waals surface area contributed by atoms with E-state index in [2.05, 4.69) is 54.8 Å². The number of rotatable bonds is 3. The second-order valence-electron chi connectivity index (χ2n) is 9.13. The number of hydrogen-bond donors (Lipinski definition) is 0. The summed E-state index contributed by atoms with van der Waals surface area (Å²) in [6.07, 6.45) is 4.83. The van der Waals surface area contributed by atoms with Gasteiger partial charge < -0.3 is 9.80 Å². The number of nitrogens with zero attached hydrogens (tertiary/aromatic N) is 2. The highest BCUT2D eigenvalue weighted by atomic mass is 16.2. The van der Waals surface area contributed by atoms with Crippen molar-refractivity contribution in [2.24, 2.45) is 5.41 Å². The zero-order valence-electron chi connectivity index (χ0n) is 16.5. The molecule has 0 aliphatic carbocycles. The fourth-order valence-electron chi connectivity index (χ4n) is 4.58. The standard InChI is InChI=1S/C22H34N2O/c1-18-7-5-8-20(15-18)22(9-6-12-24(17-22)19(2)25)16-23-13-10-21(3,4)11-14-23/h5,7-8,15H,6,9-14,16-17H2,1-4H3. The van der Waals surface area contributed by atoms with E-state index in [4.69, 9.17) is 0 Å². The molecule has 1 amide bonds. The molecule has 1 atom stereocenters. The van der Waals surface area contributed by atoms with Crippen LogP contribution in [0.25, 0.3) is 0 Å². The van der Waals surface area contributed by atoms with Crippen LogP contribution in [0.5, 0.6) is 0 Å². The lowest BCUT2D eigenvalue weighted by Gasteiger charge is -2.47. The fourth-order valence-corrected chi connectivity index (χ4v) is 4.58. The molecule has 138 valence electrons. The van der Waals surface area contributed by atoms with Gasteiger partial charge in [0.1, 0.15) is 0 Å². The summed E-state index contributed by atoms with van der Waals surface area (Å²) in [5.41, 5.74) is 3.29. The molecule has 3 nitrogen and oxygen atoms in total. The number of piperidine rings is 2. The molecular weight excluding hydrogens is 308 g/mol. The number of carbonyl (C=O) groups excluding carboxylic acids is 1. The van der Waals surface area contributed by atoms with Crippen molar-refractivity contribution in [3.05, 3.63) is 35.4 Å². The number of benzene rings is 1. The summed E-state index contributed by atoms with van der Waals surface area (Å²) >= 11 is 0. The first-order chi connectivity index (χ1) is 11.8. The van der Waals surface area contributed by atoms with E-state index < -0.39 is 0 Å². The molecule has 3 rings (SSSR count). The summed E-state index contributed by atoms with van der Waals surface area (Å²) < 4.78 is 0. The molecule has 0 spiro atoms. The molecule has 1 aromatic rings. The van der Waals surface area contributed by atoms with Crippen molar-refractivity contribution in [1.29, 1.82) is 0 Å². The van der Waals surface area contributed by atoms with Crippen molar-refractivity contribution < 1.29 is 4.79 Å². The van der Waals surface area contributed by atoms with Crippen LogP contribution in [0.2, 0.25) is 0 Å². The van der Waals surface area contributed by atoms with Crippen molar-refractivity contribution in [3.63, 3.8) is 0 Å². The SMILES string of the molecule is CC(=O)N1CCCC(CN2CCC(C)(C)CC2)(c2cccc(C)c2)C1. The van der Waals surface area contributed by atoms with Gasteiger partial charge in [-0.3, -0.25) is 4.79 Å². The molecule has 1 unspecified atom stereocenters. The second kappa shape index (κ2) is 7.11. The summed E-state index contributed by atoms with van der Waals surface area (Å²) in [4.78, 5) is 16.8. The number of carbonyl (C=O) groups is 1. The third-order valence-electron chi connectivity index (χ3n) is 6.39. The van der Waals surface area contributed by atoms with Gasteiger partial charge in [0, 0.05) is 32.0 Å². The molecule has 0 bridgehead atoms. The largest absolute Gasteiger partial charge is 0.342 e. The number of amides is 1. The first-order valence-electron chi connectivity index (χ1n) is 9.85. The van der Waals surface area contributed by atoms with Crippen LogP contribution in [-0.4, -0.2) is 48.4 Å². The third kappa shape index (κ3) is 4.25. The van der Waals surface area contributed by atoms with Crippen LogP contribution >= 0.6 is 0 Å². The van der Waals surface area contributed by atoms with Crippen molar-refractivity contribution in [2.45, 2.75) is 58.8 Å². The highest BCUT2D eigenvalue weighted by Gasteiger charge is 2.40. The van der Waals surface area contributed by atoms with Gasteiger partial charge in [-0.15, -0.1) is 0 Å². The normalized spacial score (nSPS) is 27.3. The lowest BCUT2D eigenvalue weighted by molar-refractivity contribution is -0.131. The topological polar surface area (TPSA) is 23.6 Å². The maximum Gasteiger partial charge on any atom is 0.219 e. The van der Waals surface area contributed by atoms with E-state index in [-0.39, 0.29) is 11.3 Å². The Bertz CT molecular complexity index is 614. The van der Waals surface area contributed by atoms with Crippen molar-refractivity contribution in [1.82, 2.24) is 9.80 Å². The van der Waals surface area contributed by atoms with E-state index in [0.717, 1.165) is 26.1 Å². The van der Waals surface area contributed by atoms with Gasteiger partial charge in [-0.05, 0) is 56.7 Å². The lowest BCUT2D eigenvalue weighted by Crippen LogP contribution is -2.54. The Morgan fingerprint density at radius 2 is 1.84 bits per heavy atom. The summed E-state index contributed by atoms with van der Waals surface area (Å²) in [6, 6.07) is 8.98. The molecule has 2 fully saturated rings. The zero-order chi connectivity index (χ0) is 18.1. The first kappa shape index (κ1) is 18.4. The Balaban J connectivity index is 1.86. The molecule has 25 heavy (non-hydrogen) atoms. The molecule has 0 radical (unpaired) electrons. The van der Waals surface area contributed by atoms with E-state index in [9.17, 15) is 4.79 Å². The van der Waals surface area contributed by atoms with E-state index in [1.165, 1.54) is 43.5 Å². The molecule has 0 N–H and O–H groups in total. The summed E-state index contributed by atoms with van der Waals surface area (Å²) in [6.45, 7) is 13.9. The van der Waals surface area contributed by atoms with E-state index in [0.29, 0.717) is 5.41 Å². The van der Waals surface area contributed by atoms with Crippen LogP contribution < -0.4 is 0 Å². The van der Waals surface area contributed by atoms with E-state index in [1.54, 1.807) is 6.92 Å². The maximum absolute atomic E-state index is 12.1. The minimum Gasteiger partial charge on any atom is -0.342 e. The lowest BCUT2D eigenvalue weighted by atomic mass is 9.72. The number of likely N-dealkylation sites (tertiary alicyclic amines) is 2. The Morgan fingerprint density at radius 1 is 1.12 bits per heavy atom. The number of aryl methyl sites for hydroxylation is 1. The predicted molar refractivity (Wildman–Crippen MR) is 104 cm³/mol. The molecule has 0 saturated carbocycles. The van der Waals surface area contributed by atoms with Gasteiger partial charge in [-0.25, -0.2) is 0 Å². The van der Waals surface area contributed by atoms with Crippen LogP contribution in [0.1, 0.15) is 57.6 Å². The van der Waals surface area contributed by atoms with Crippen molar-refractivity contribution in [2.75, 3.05) is 32.7 Å². The van der Waals surface area contributed by atoms with Gasteiger partial charge in [-0.2, -0.15) is 0 Å². The van der Waals surface area contributed by atoms with Crippen molar-refractivity contribution >= 4 is 5.91 Å². The molecular formula is C22H34N2O. The highest BCUT2D eigenvalue weighted by Crippen LogP contribution is 2.38. The number of hydrogen-bond acceptors (Lipinski definition) is 2. The monoisotopic (exact) mass is 342 g/mol. The zero-order valence-corrected chi connectivity index (χ0v) is 16.5. The van der Waals surface area contributed by atoms with Crippen LogP contribution in [0.4, 0.5) is 0 Å². The average molecular weight is 343 g/mol. The van der Waals surface area contributed by atoms with Gasteiger partial charge in [0.05, 0.1) is 0 Å². The average Bonchev–Trinajstić information content (AvgIpc) is 2.57. The Morgan fingerprint density at radius 3 is 2.48 bits per heavy atom. The molecule has 2 heterocycles. The molecule has 2 aliphatic rings. The minimum atomic E-state index is 0.0808. The van der Waals surface area contributed by atoms with Gasteiger partial charge >= 0.3 is 0 Å². The summed E-state index contributed by atoms with van der Waals surface area (Å²) in [7, 11) is 0. The maximum atomic E-state index is 12.1. The summed E-state index contributed by atoms with van der Waals surface area (Å²) in [5.74, 6) is 0.219. The Hall–Kier alpha value is -1.35. The minimum absolute atomic E-state index is 0.0808. The van der Waals surface area contributed by atoms with Gasteiger partial charge in [0.15, 0.2) is 0 Å². The van der Waals surface area contributed by atoms with Crippen molar-refractivity contribution in [3.8, 4) is 0 Å². The highest BCUT2D eigenvalue weighted by molar-refractivity contribution is 5.73. The molecule has 2 saturated heterocycles. The third-order valence-corrected chi connectivity index (χ3v) is 6.39. The van der Waals surface area contributed by atoms with Gasteiger partial charge in [-0.1, -0.05) is 43.7 Å². The first-order valence-corrected chi connectivity index (χ1v) is 9.85. The predicted octanol–water partition coefficient (Wildman–Crippen LogP) is 4.00. The van der Waals surface area contributed by atoms with Crippen LogP contribution in [-0.2, 0) is 10.2 Å². The van der Waals surface area contributed by atoms with Crippen LogP contribution in [0.15, 0.2) is 24.3 Å². The molecule has 0 aromatic heterocycles. The van der Waals surface area contributed by atoms with Gasteiger partial charge in [0.2, 0.25) is 5.91 Å². The molecule has 2 aliphatic heterocycles. The fraction of sp³-hybridized carbons (Fsp3) is 0.682. The quantitative estimate of drug-likeness (QED) is 0.829. The van der Waals surface area contributed by atoms with Crippen LogP contribution in [0, 0.1) is 12.3 Å². The molecule has 1 aromatic carbocycles. The smallest absolute Gasteiger partial charge is 0.219 e. The Kier molecular flexibility index (Phi) is 5.24. The summed E-state index contributed by atoms with van der Waals surface area (Å²) in [5, 5.41) is 0. The van der Waals surface area contributed by atoms with Crippen LogP contribution in [0.3, 0.4) is 0 Å². The van der Waals surface area contributed by atoms with Gasteiger partial charge in [0.25, 0.3) is 0 Å². The van der Waals surface area contributed by atoms with E-state index in [1.807, 2.05) is 0 Å². The Labute approximate surface area is 153 Å². The second-order valence-corrected chi connectivity index (χ2v) is 9.13.